The molecule has 0 radical (unpaired) electrons. The SMILES string of the molecule is CC[C@H](C)NC(=O)[C@H](C)N(Cc1ccccc1F)C(=O)CCCN1C(=O)c2ccccc2S1(=O)=O. The van der Waals surface area contributed by atoms with Gasteiger partial charge in [0.1, 0.15) is 16.8 Å². The number of benzene rings is 2. The molecule has 0 bridgehead atoms. The summed E-state index contributed by atoms with van der Waals surface area (Å²) in [5.74, 6) is -1.93. The highest BCUT2D eigenvalue weighted by Gasteiger charge is 2.40. The molecule has 0 saturated carbocycles. The Kier molecular flexibility index (Phi) is 8.26. The van der Waals surface area contributed by atoms with E-state index >= 15 is 0 Å². The molecular formula is C25H30FN3O5S. The van der Waals surface area contributed by atoms with Crippen LogP contribution in [0.3, 0.4) is 0 Å². The molecule has 0 fully saturated rings. The van der Waals surface area contributed by atoms with Gasteiger partial charge in [0.15, 0.2) is 0 Å². The molecule has 0 spiro atoms. The van der Waals surface area contributed by atoms with Crippen molar-refractivity contribution in [3.05, 3.63) is 65.5 Å². The van der Waals surface area contributed by atoms with Crippen molar-refractivity contribution in [2.75, 3.05) is 6.54 Å². The van der Waals surface area contributed by atoms with Gasteiger partial charge in [0.05, 0.1) is 5.56 Å². The van der Waals surface area contributed by atoms with Crippen molar-refractivity contribution in [3.8, 4) is 0 Å². The lowest BCUT2D eigenvalue weighted by Crippen LogP contribution is -2.49. The van der Waals surface area contributed by atoms with E-state index in [2.05, 4.69) is 5.32 Å². The van der Waals surface area contributed by atoms with Crippen LogP contribution in [0.15, 0.2) is 53.4 Å². The van der Waals surface area contributed by atoms with E-state index in [1.54, 1.807) is 31.2 Å². The quantitative estimate of drug-likeness (QED) is 0.537. The van der Waals surface area contributed by atoms with Gasteiger partial charge in [-0.3, -0.25) is 14.4 Å². The van der Waals surface area contributed by atoms with Crippen LogP contribution >= 0.6 is 0 Å². The molecule has 1 aliphatic heterocycles. The van der Waals surface area contributed by atoms with Gasteiger partial charge in [-0.15, -0.1) is 0 Å². The summed E-state index contributed by atoms with van der Waals surface area (Å²) >= 11 is 0. The zero-order chi connectivity index (χ0) is 25.8. The van der Waals surface area contributed by atoms with Gasteiger partial charge in [-0.25, -0.2) is 17.1 Å². The van der Waals surface area contributed by atoms with Gasteiger partial charge in [-0.1, -0.05) is 37.3 Å². The van der Waals surface area contributed by atoms with Crippen molar-refractivity contribution < 1.29 is 27.2 Å². The third-order valence-corrected chi connectivity index (χ3v) is 7.97. The average molecular weight is 504 g/mol. The number of hydrogen-bond acceptors (Lipinski definition) is 5. The van der Waals surface area contributed by atoms with Crippen LogP contribution in [0.25, 0.3) is 0 Å². The number of nitrogens with zero attached hydrogens (tertiary/aromatic N) is 2. The number of carbonyl (C=O) groups excluding carboxylic acids is 3. The summed E-state index contributed by atoms with van der Waals surface area (Å²) in [4.78, 5) is 39.7. The number of hydrogen-bond donors (Lipinski definition) is 1. The minimum absolute atomic E-state index is 0.0483. The van der Waals surface area contributed by atoms with Crippen LogP contribution in [-0.2, 0) is 26.2 Å². The maximum atomic E-state index is 14.3. The smallest absolute Gasteiger partial charge is 0.269 e. The fourth-order valence-electron chi connectivity index (χ4n) is 3.83. The molecule has 3 amide bonds. The second-order valence-electron chi connectivity index (χ2n) is 8.59. The fourth-order valence-corrected chi connectivity index (χ4v) is 5.44. The maximum Gasteiger partial charge on any atom is 0.269 e. The lowest BCUT2D eigenvalue weighted by molar-refractivity contribution is -0.141. The summed E-state index contributed by atoms with van der Waals surface area (Å²) in [5.41, 5.74) is 0.368. The first-order valence-electron chi connectivity index (χ1n) is 11.6. The van der Waals surface area contributed by atoms with Crippen LogP contribution in [0.4, 0.5) is 4.39 Å². The lowest BCUT2D eigenvalue weighted by atomic mass is 10.1. The van der Waals surface area contributed by atoms with Crippen molar-refractivity contribution in [1.82, 2.24) is 14.5 Å². The second-order valence-corrected chi connectivity index (χ2v) is 10.4. The van der Waals surface area contributed by atoms with Crippen molar-refractivity contribution in [2.45, 2.75) is 63.6 Å². The van der Waals surface area contributed by atoms with Crippen molar-refractivity contribution in [3.63, 3.8) is 0 Å². The van der Waals surface area contributed by atoms with E-state index in [0.29, 0.717) is 6.42 Å². The van der Waals surface area contributed by atoms with Crippen molar-refractivity contribution in [2.24, 2.45) is 0 Å². The summed E-state index contributed by atoms with van der Waals surface area (Å²) in [5, 5.41) is 2.83. The van der Waals surface area contributed by atoms with Crippen molar-refractivity contribution in [1.29, 1.82) is 0 Å². The van der Waals surface area contributed by atoms with Crippen LogP contribution in [0.5, 0.6) is 0 Å². The Morgan fingerprint density at radius 3 is 2.40 bits per heavy atom. The molecule has 0 saturated heterocycles. The number of halogens is 1. The Morgan fingerprint density at radius 1 is 1.09 bits per heavy atom. The number of fused-ring (bicyclic) bond motifs is 1. The molecule has 8 nitrogen and oxygen atoms in total. The summed E-state index contributed by atoms with van der Waals surface area (Å²) < 4.78 is 40.5. The van der Waals surface area contributed by atoms with E-state index in [1.165, 1.54) is 29.2 Å². The summed E-state index contributed by atoms with van der Waals surface area (Å²) in [6, 6.07) is 11.0. The fraction of sp³-hybridized carbons (Fsp3) is 0.400. The molecule has 2 aromatic carbocycles. The normalized spacial score (nSPS) is 15.9. The molecule has 1 heterocycles. The molecule has 188 valence electrons. The average Bonchev–Trinajstić information content (AvgIpc) is 3.03. The number of amides is 3. The summed E-state index contributed by atoms with van der Waals surface area (Å²) in [7, 11) is -3.97. The number of sulfonamides is 1. The van der Waals surface area contributed by atoms with Gasteiger partial charge in [-0.05, 0) is 44.9 Å². The van der Waals surface area contributed by atoms with E-state index in [4.69, 9.17) is 0 Å². The molecule has 0 aliphatic carbocycles. The lowest BCUT2D eigenvalue weighted by Gasteiger charge is -2.30. The molecule has 35 heavy (non-hydrogen) atoms. The molecule has 0 unspecified atom stereocenters. The molecule has 0 aromatic heterocycles. The highest BCUT2D eigenvalue weighted by Crippen LogP contribution is 2.30. The third kappa shape index (κ3) is 5.70. The Morgan fingerprint density at radius 2 is 1.74 bits per heavy atom. The minimum Gasteiger partial charge on any atom is -0.352 e. The Hall–Kier alpha value is -3.27. The molecule has 10 heteroatoms. The third-order valence-electron chi connectivity index (χ3n) is 6.13. The zero-order valence-electron chi connectivity index (χ0n) is 20.0. The number of rotatable bonds is 10. The first kappa shape index (κ1) is 26.3. The van der Waals surface area contributed by atoms with Gasteiger partial charge in [0.2, 0.25) is 11.8 Å². The van der Waals surface area contributed by atoms with Crippen molar-refractivity contribution >= 4 is 27.7 Å². The second kappa shape index (κ2) is 11.0. The van der Waals surface area contributed by atoms with E-state index in [9.17, 15) is 27.2 Å². The molecule has 1 aliphatic rings. The predicted molar refractivity (Wildman–Crippen MR) is 128 cm³/mol. The Bertz CT molecular complexity index is 1220. The predicted octanol–water partition coefficient (Wildman–Crippen LogP) is 3.08. The minimum atomic E-state index is -3.97. The number of carbonyl (C=O) groups is 3. The number of nitrogens with one attached hydrogen (secondary N) is 1. The van der Waals surface area contributed by atoms with Crippen LogP contribution in [-0.4, -0.2) is 54.0 Å². The topological polar surface area (TPSA) is 104 Å². The highest BCUT2D eigenvalue weighted by atomic mass is 32.2. The van der Waals surface area contributed by atoms with E-state index in [-0.39, 0.29) is 53.9 Å². The molecular weight excluding hydrogens is 473 g/mol. The Labute approximate surface area is 205 Å². The van der Waals surface area contributed by atoms with Crippen LogP contribution < -0.4 is 5.32 Å². The van der Waals surface area contributed by atoms with Crippen LogP contribution in [0.1, 0.15) is 56.0 Å². The first-order valence-corrected chi connectivity index (χ1v) is 13.0. The van der Waals surface area contributed by atoms with E-state index < -0.39 is 33.7 Å². The molecule has 1 N–H and O–H groups in total. The van der Waals surface area contributed by atoms with E-state index in [0.717, 1.165) is 4.31 Å². The Balaban J connectivity index is 1.72. The van der Waals surface area contributed by atoms with Gasteiger partial charge in [-0.2, -0.15) is 0 Å². The van der Waals surface area contributed by atoms with Gasteiger partial charge in [0.25, 0.3) is 15.9 Å². The van der Waals surface area contributed by atoms with Gasteiger partial charge < -0.3 is 10.2 Å². The first-order chi connectivity index (χ1) is 16.6. The van der Waals surface area contributed by atoms with Crippen LogP contribution in [0, 0.1) is 5.82 Å². The zero-order valence-corrected chi connectivity index (χ0v) is 20.8. The highest BCUT2D eigenvalue weighted by molar-refractivity contribution is 7.90. The summed E-state index contributed by atoms with van der Waals surface area (Å²) in [6.45, 7) is 5.04. The van der Waals surface area contributed by atoms with Gasteiger partial charge in [0, 0.05) is 31.1 Å². The molecule has 3 rings (SSSR count). The van der Waals surface area contributed by atoms with Gasteiger partial charge >= 0.3 is 0 Å². The molecule has 2 aromatic rings. The maximum absolute atomic E-state index is 14.3. The largest absolute Gasteiger partial charge is 0.352 e. The molecule has 2 atom stereocenters. The summed E-state index contributed by atoms with van der Waals surface area (Å²) in [6.07, 6.45) is 0.650. The van der Waals surface area contributed by atoms with E-state index in [1.807, 2.05) is 13.8 Å². The monoisotopic (exact) mass is 503 g/mol. The van der Waals surface area contributed by atoms with Crippen LogP contribution in [0.2, 0.25) is 0 Å². The standard InChI is InChI=1S/C25H30FN3O5S/c1-4-17(2)27-24(31)18(3)28(16-19-10-5-7-12-21(19)26)23(30)14-9-15-29-25(32)20-11-6-8-13-22(20)35(29,33)34/h5-8,10-13,17-18H,4,9,14-16H2,1-3H3,(H,27,31)/t17-,18-/m0/s1.